The molecule has 2 unspecified atom stereocenters. The molecule has 0 fully saturated rings. The molecule has 0 aliphatic carbocycles. The summed E-state index contributed by atoms with van der Waals surface area (Å²) in [5, 5.41) is 0. The number of hydrogen-bond acceptors (Lipinski definition) is 4. The van der Waals surface area contributed by atoms with Crippen molar-refractivity contribution < 1.29 is 54.1 Å². The van der Waals surface area contributed by atoms with Crippen LogP contribution in [0.15, 0.2) is 0 Å². The minimum Gasteiger partial charge on any atom is -0.302 e. The van der Waals surface area contributed by atoms with Crippen molar-refractivity contribution in [2.24, 2.45) is 0 Å². The van der Waals surface area contributed by atoms with Gasteiger partial charge in [0.2, 0.25) is 0 Å². The van der Waals surface area contributed by atoms with Gasteiger partial charge < -0.3 is 14.7 Å². The minimum absolute atomic E-state index is 0. The van der Waals surface area contributed by atoms with Gasteiger partial charge in [0, 0.05) is 31.2 Å². The van der Waals surface area contributed by atoms with Crippen LogP contribution in [0.2, 0.25) is 0 Å². The monoisotopic (exact) mass is 258 g/mol. The van der Waals surface area contributed by atoms with Crippen LogP contribution in [0.4, 0.5) is 0 Å². The summed E-state index contributed by atoms with van der Waals surface area (Å²) < 4.78 is 27.0. The van der Waals surface area contributed by atoms with Crippen molar-refractivity contribution in [3.8, 4) is 0 Å². The fraction of sp³-hybridized carbons (Fsp3) is 0. The summed E-state index contributed by atoms with van der Waals surface area (Å²) in [4.78, 5) is 24.2. The molecule has 0 spiro atoms. The fourth-order valence-electron chi connectivity index (χ4n) is 0.154. The summed E-state index contributed by atoms with van der Waals surface area (Å²) in [6.07, 6.45) is 0. The molecular weight excluding hydrogens is 253 g/mol. The van der Waals surface area contributed by atoms with Crippen molar-refractivity contribution in [2.75, 3.05) is 0 Å². The van der Waals surface area contributed by atoms with E-state index in [1.807, 2.05) is 0 Å². The molecule has 0 aromatic carbocycles. The van der Waals surface area contributed by atoms with Gasteiger partial charge in [0.05, 0.1) is 0 Å². The molecule has 0 rings (SSSR count). The molecule has 3 N–H and O–H groups in total. The van der Waals surface area contributed by atoms with Crippen LogP contribution in [-0.4, -0.2) is 14.7 Å². The zero-order valence-corrected chi connectivity index (χ0v) is 9.45. The molecular formula is H5O7P3Ti. The average molecular weight is 258 g/mol. The summed E-state index contributed by atoms with van der Waals surface area (Å²) in [5.74, 6) is 0. The van der Waals surface area contributed by atoms with Crippen molar-refractivity contribution in [3.05, 3.63) is 0 Å². The van der Waals surface area contributed by atoms with Crippen molar-refractivity contribution >= 4 is 25.1 Å². The first-order chi connectivity index (χ1) is 4.27. The Labute approximate surface area is 79.5 Å². The Balaban J connectivity index is 0. The predicted octanol–water partition coefficient (Wildman–Crippen LogP) is 0.000300. The zero-order valence-electron chi connectivity index (χ0n) is 4.95. The van der Waals surface area contributed by atoms with Crippen LogP contribution < -0.4 is 0 Å². The topological polar surface area (TPSA) is 113 Å². The first-order valence-corrected chi connectivity index (χ1v) is 5.25. The van der Waals surface area contributed by atoms with E-state index in [2.05, 4.69) is 8.62 Å². The van der Waals surface area contributed by atoms with Crippen LogP contribution in [0.5, 0.6) is 0 Å². The molecule has 0 radical (unpaired) electrons. The van der Waals surface area contributed by atoms with Gasteiger partial charge in [-0.3, -0.25) is 4.31 Å². The first kappa shape index (κ1) is 14.9. The summed E-state index contributed by atoms with van der Waals surface area (Å²) in [5.41, 5.74) is 0. The Bertz CT molecular complexity index is 192. The Kier molecular flexibility index (Phi) is 7.05. The van der Waals surface area contributed by atoms with E-state index in [-0.39, 0.29) is 21.7 Å². The van der Waals surface area contributed by atoms with Gasteiger partial charge in [0.25, 0.3) is 0 Å². The summed E-state index contributed by atoms with van der Waals surface area (Å²) in [6, 6.07) is 0. The third-order valence-electron chi connectivity index (χ3n) is 0.343. The van der Waals surface area contributed by atoms with E-state index in [9.17, 15) is 9.13 Å². The van der Waals surface area contributed by atoms with Gasteiger partial charge in [-0.2, -0.15) is 4.31 Å². The maximum Gasteiger partial charge on any atom is 0.483 e. The number of hydrogen-bond donors (Lipinski definition) is 3. The van der Waals surface area contributed by atoms with Crippen LogP contribution in [0.3, 0.4) is 0 Å². The molecule has 0 aromatic heterocycles. The molecule has 7 nitrogen and oxygen atoms in total. The van der Waals surface area contributed by atoms with Crippen molar-refractivity contribution in [2.45, 2.75) is 0 Å². The molecule has 0 aromatic rings. The molecule has 0 amide bonds. The fourth-order valence-corrected chi connectivity index (χ4v) is 1.73. The van der Waals surface area contributed by atoms with Crippen molar-refractivity contribution in [1.29, 1.82) is 0 Å². The van der Waals surface area contributed by atoms with E-state index < -0.39 is 15.6 Å². The van der Waals surface area contributed by atoms with Crippen LogP contribution in [-0.2, 0) is 39.5 Å². The summed E-state index contributed by atoms with van der Waals surface area (Å²) >= 11 is 0. The van der Waals surface area contributed by atoms with Gasteiger partial charge in [-0.25, -0.2) is 9.13 Å². The van der Waals surface area contributed by atoms with E-state index in [4.69, 9.17) is 14.7 Å². The Morgan fingerprint density at radius 3 is 1.64 bits per heavy atom. The van der Waals surface area contributed by atoms with Crippen LogP contribution in [0.1, 0.15) is 0 Å². The maximum absolute atomic E-state index is 10.2. The third-order valence-corrected chi connectivity index (χ3v) is 3.08. The van der Waals surface area contributed by atoms with E-state index in [1.165, 1.54) is 9.47 Å². The quantitative estimate of drug-likeness (QED) is 0.482. The van der Waals surface area contributed by atoms with E-state index >= 15 is 0 Å². The maximum atomic E-state index is 10.2. The summed E-state index contributed by atoms with van der Waals surface area (Å²) in [7, 11) is -8.20. The number of rotatable bonds is 3. The van der Waals surface area contributed by atoms with Gasteiger partial charge in [-0.15, -0.1) is 0 Å². The van der Waals surface area contributed by atoms with E-state index in [0.717, 1.165) is 0 Å². The molecule has 2 atom stereocenters. The Morgan fingerprint density at radius 1 is 1.18 bits per heavy atom. The van der Waals surface area contributed by atoms with Crippen LogP contribution >= 0.6 is 25.1 Å². The van der Waals surface area contributed by atoms with Gasteiger partial charge in [-0.05, 0) is 0 Å². The predicted molar refractivity (Wildman–Crippen MR) is 33.7 cm³/mol. The molecule has 0 bridgehead atoms. The van der Waals surface area contributed by atoms with Crippen molar-refractivity contribution in [3.63, 3.8) is 0 Å². The molecule has 0 aliphatic heterocycles. The molecule has 0 saturated heterocycles. The van der Waals surface area contributed by atoms with Gasteiger partial charge in [0.1, 0.15) is 0 Å². The van der Waals surface area contributed by atoms with Crippen LogP contribution in [0.25, 0.3) is 0 Å². The van der Waals surface area contributed by atoms with Gasteiger partial charge in [-0.1, -0.05) is 0 Å². The second kappa shape index (κ2) is 5.20. The zero-order chi connectivity index (χ0) is 8.41. The Morgan fingerprint density at radius 2 is 1.55 bits per heavy atom. The smallest absolute Gasteiger partial charge is 0.302 e. The molecule has 0 heterocycles. The van der Waals surface area contributed by atoms with E-state index in [0.29, 0.717) is 0 Å². The van der Waals surface area contributed by atoms with Crippen LogP contribution in [0, 0.1) is 0 Å². The largest absolute Gasteiger partial charge is 0.483 e. The second-order valence-corrected chi connectivity index (χ2v) is 4.56. The standard InChI is InChI=1S/H5O7P3.Ti/c1-9(2,3)7-10(4,5)6-8;/h8H2,(H,4,5)(H2,1,2,3);. The molecule has 11 heteroatoms. The minimum atomic E-state index is -4.96. The van der Waals surface area contributed by atoms with Gasteiger partial charge in [0.15, 0.2) is 0 Å². The summed E-state index contributed by atoms with van der Waals surface area (Å²) in [6.45, 7) is 0. The third kappa shape index (κ3) is 9.32. The second-order valence-electron chi connectivity index (χ2n) is 1.15. The molecule has 11 heavy (non-hydrogen) atoms. The first-order valence-electron chi connectivity index (χ1n) is 1.75. The molecule has 66 valence electrons. The Hall–Kier alpha value is 1.40. The molecule has 0 saturated carbocycles. The normalized spacial score (nSPS) is 16.7. The SMILES string of the molecule is O=P(O)(O)OP(=O)(O)OP.[Ti]. The van der Waals surface area contributed by atoms with Gasteiger partial charge >= 0.3 is 15.6 Å². The number of phosphoric acid groups is 2. The van der Waals surface area contributed by atoms with Crippen molar-refractivity contribution in [1.82, 2.24) is 0 Å². The van der Waals surface area contributed by atoms with E-state index in [1.54, 1.807) is 0 Å². The molecule has 0 aliphatic rings. The average Bonchev–Trinajstić information content (AvgIpc) is 1.60.